The molecule has 30 heavy (non-hydrogen) atoms. The number of nitrogens with zero attached hydrogens (tertiary/aromatic N) is 3. The number of nitrogens with one attached hydrogen (secondary N) is 2. The van der Waals surface area contributed by atoms with Gasteiger partial charge in [0.25, 0.3) is 0 Å². The smallest absolute Gasteiger partial charge is 0.191 e. The summed E-state index contributed by atoms with van der Waals surface area (Å²) in [6.07, 6.45) is 3.02. The number of methoxy groups -OCH3 is 1. The van der Waals surface area contributed by atoms with Crippen molar-refractivity contribution in [3.05, 3.63) is 45.2 Å². The first-order valence-corrected chi connectivity index (χ1v) is 11.2. The molecule has 2 aromatic rings. The molecule has 3 rings (SSSR count). The van der Waals surface area contributed by atoms with Crippen molar-refractivity contribution >= 4 is 17.3 Å². The van der Waals surface area contributed by atoms with Crippen molar-refractivity contribution in [2.24, 2.45) is 4.99 Å². The number of rotatable bonds is 7. The Morgan fingerprint density at radius 2 is 2.10 bits per heavy atom. The SMILES string of the molecule is CN=C(NCCc1sc(C)nc1C)NC1CCN(Cc2ccc(OC)c(F)c2)CC1. The summed E-state index contributed by atoms with van der Waals surface area (Å²) in [4.78, 5) is 12.6. The minimum absolute atomic E-state index is 0.293. The molecule has 0 amide bonds. The number of halogens is 1. The van der Waals surface area contributed by atoms with E-state index in [-0.39, 0.29) is 5.82 Å². The van der Waals surface area contributed by atoms with E-state index in [4.69, 9.17) is 4.74 Å². The molecule has 1 saturated heterocycles. The molecule has 0 radical (unpaired) electrons. The van der Waals surface area contributed by atoms with Crippen LogP contribution in [0.4, 0.5) is 4.39 Å². The average molecular weight is 434 g/mol. The van der Waals surface area contributed by atoms with Gasteiger partial charge in [-0.25, -0.2) is 9.37 Å². The zero-order valence-corrected chi connectivity index (χ0v) is 19.1. The first-order chi connectivity index (χ1) is 14.5. The largest absolute Gasteiger partial charge is 0.494 e. The molecule has 0 bridgehead atoms. The predicted molar refractivity (Wildman–Crippen MR) is 121 cm³/mol. The Balaban J connectivity index is 1.40. The first-order valence-electron chi connectivity index (χ1n) is 10.4. The fourth-order valence-electron chi connectivity index (χ4n) is 3.79. The number of aliphatic imine (C=N–C) groups is 1. The molecule has 2 heterocycles. The van der Waals surface area contributed by atoms with Crippen LogP contribution in [0.5, 0.6) is 5.75 Å². The first kappa shape index (κ1) is 22.5. The van der Waals surface area contributed by atoms with E-state index in [2.05, 4.69) is 32.4 Å². The molecule has 1 aromatic heterocycles. The number of likely N-dealkylation sites (tertiary alicyclic amines) is 1. The van der Waals surface area contributed by atoms with Crippen molar-refractivity contribution < 1.29 is 9.13 Å². The predicted octanol–water partition coefficient (Wildman–Crippen LogP) is 3.28. The maximum Gasteiger partial charge on any atom is 0.191 e. The number of hydrogen-bond acceptors (Lipinski definition) is 5. The minimum Gasteiger partial charge on any atom is -0.494 e. The molecule has 0 atom stereocenters. The van der Waals surface area contributed by atoms with Crippen LogP contribution in [0.25, 0.3) is 0 Å². The van der Waals surface area contributed by atoms with E-state index in [1.165, 1.54) is 12.0 Å². The van der Waals surface area contributed by atoms with Crippen molar-refractivity contribution in [2.75, 3.05) is 33.8 Å². The van der Waals surface area contributed by atoms with Crippen molar-refractivity contribution in [3.8, 4) is 5.75 Å². The number of aryl methyl sites for hydroxylation is 2. The summed E-state index contributed by atoms with van der Waals surface area (Å²) in [7, 11) is 3.30. The molecule has 1 aliphatic rings. The van der Waals surface area contributed by atoms with Gasteiger partial charge in [0.1, 0.15) is 0 Å². The number of piperidine rings is 1. The van der Waals surface area contributed by atoms with Crippen molar-refractivity contribution in [1.82, 2.24) is 20.5 Å². The van der Waals surface area contributed by atoms with E-state index < -0.39 is 0 Å². The third kappa shape index (κ3) is 6.15. The van der Waals surface area contributed by atoms with Gasteiger partial charge in [0.05, 0.1) is 17.8 Å². The zero-order chi connectivity index (χ0) is 21.5. The summed E-state index contributed by atoms with van der Waals surface area (Å²) in [5, 5.41) is 8.08. The molecule has 1 aromatic carbocycles. The lowest BCUT2D eigenvalue weighted by Crippen LogP contribution is -2.48. The van der Waals surface area contributed by atoms with Gasteiger partial charge in [0.2, 0.25) is 0 Å². The highest BCUT2D eigenvalue weighted by Gasteiger charge is 2.20. The molecule has 6 nitrogen and oxygen atoms in total. The second-order valence-corrected chi connectivity index (χ2v) is 8.94. The topological polar surface area (TPSA) is 61.8 Å². The van der Waals surface area contributed by atoms with Crippen LogP contribution in [0.2, 0.25) is 0 Å². The van der Waals surface area contributed by atoms with Gasteiger partial charge in [0.15, 0.2) is 17.5 Å². The monoisotopic (exact) mass is 433 g/mol. The van der Waals surface area contributed by atoms with Gasteiger partial charge < -0.3 is 15.4 Å². The van der Waals surface area contributed by atoms with Crippen LogP contribution in [-0.2, 0) is 13.0 Å². The number of thiazole rings is 1. The summed E-state index contributed by atoms with van der Waals surface area (Å²) in [6, 6.07) is 5.60. The Morgan fingerprint density at radius 3 is 2.70 bits per heavy atom. The minimum atomic E-state index is -0.301. The van der Waals surface area contributed by atoms with Crippen LogP contribution in [0.1, 0.15) is 34.0 Å². The summed E-state index contributed by atoms with van der Waals surface area (Å²) in [5.74, 6) is 0.843. The maximum atomic E-state index is 13.9. The zero-order valence-electron chi connectivity index (χ0n) is 18.3. The average Bonchev–Trinajstić information content (AvgIpc) is 3.05. The van der Waals surface area contributed by atoms with E-state index >= 15 is 0 Å². The van der Waals surface area contributed by atoms with Gasteiger partial charge in [0, 0.05) is 50.6 Å². The van der Waals surface area contributed by atoms with Crippen molar-refractivity contribution in [1.29, 1.82) is 0 Å². The summed E-state index contributed by atoms with van der Waals surface area (Å²) >= 11 is 1.77. The third-order valence-corrected chi connectivity index (χ3v) is 6.55. The Morgan fingerprint density at radius 1 is 1.33 bits per heavy atom. The van der Waals surface area contributed by atoms with Crippen LogP contribution < -0.4 is 15.4 Å². The van der Waals surface area contributed by atoms with Crippen LogP contribution >= 0.6 is 11.3 Å². The number of hydrogen-bond donors (Lipinski definition) is 2. The second-order valence-electron chi connectivity index (χ2n) is 7.65. The fraction of sp³-hybridized carbons (Fsp3) is 0.545. The number of guanidine groups is 1. The van der Waals surface area contributed by atoms with Crippen molar-refractivity contribution in [3.63, 3.8) is 0 Å². The highest BCUT2D eigenvalue weighted by atomic mass is 32.1. The van der Waals surface area contributed by atoms with E-state index in [1.807, 2.05) is 20.0 Å². The molecule has 8 heteroatoms. The molecule has 164 valence electrons. The van der Waals surface area contributed by atoms with Gasteiger partial charge in [-0.3, -0.25) is 9.89 Å². The Bertz CT molecular complexity index is 861. The van der Waals surface area contributed by atoms with Gasteiger partial charge in [-0.2, -0.15) is 0 Å². The van der Waals surface area contributed by atoms with Crippen LogP contribution in [0.15, 0.2) is 23.2 Å². The Labute approximate surface area is 182 Å². The lowest BCUT2D eigenvalue weighted by atomic mass is 10.0. The van der Waals surface area contributed by atoms with Crippen LogP contribution in [-0.4, -0.2) is 55.7 Å². The molecular weight excluding hydrogens is 401 g/mol. The quantitative estimate of drug-likeness (QED) is 0.518. The number of benzene rings is 1. The van der Waals surface area contributed by atoms with Gasteiger partial charge >= 0.3 is 0 Å². The van der Waals surface area contributed by atoms with Gasteiger partial charge in [-0.05, 0) is 44.4 Å². The summed E-state index contributed by atoms with van der Waals surface area (Å²) in [6.45, 7) is 7.66. The van der Waals surface area contributed by atoms with Gasteiger partial charge in [-0.15, -0.1) is 11.3 Å². The van der Waals surface area contributed by atoms with Gasteiger partial charge in [-0.1, -0.05) is 6.07 Å². The van der Waals surface area contributed by atoms with Crippen LogP contribution in [0, 0.1) is 19.7 Å². The van der Waals surface area contributed by atoms with E-state index in [0.29, 0.717) is 11.8 Å². The fourth-order valence-corrected chi connectivity index (χ4v) is 4.73. The normalized spacial score (nSPS) is 16.0. The lowest BCUT2D eigenvalue weighted by molar-refractivity contribution is 0.198. The molecular formula is C22H32FN5OS. The van der Waals surface area contributed by atoms with Crippen molar-refractivity contribution in [2.45, 2.75) is 45.7 Å². The highest BCUT2D eigenvalue weighted by molar-refractivity contribution is 7.11. The molecule has 1 fully saturated rings. The molecule has 0 saturated carbocycles. The molecule has 2 N–H and O–H groups in total. The lowest BCUT2D eigenvalue weighted by Gasteiger charge is -2.33. The second kappa shape index (κ2) is 10.7. The van der Waals surface area contributed by atoms with E-state index in [1.54, 1.807) is 23.5 Å². The molecule has 1 aliphatic heterocycles. The Kier molecular flexibility index (Phi) is 8.04. The number of aromatic nitrogens is 1. The third-order valence-electron chi connectivity index (χ3n) is 5.42. The standard InChI is InChI=1S/C22H32FN5OS/c1-15-21(30-16(2)26-15)7-10-25-22(24-3)27-18-8-11-28(12-9-18)14-17-5-6-20(29-4)19(23)13-17/h5-6,13,18H,7-12,14H2,1-4H3,(H2,24,25,27). The van der Waals surface area contributed by atoms with Crippen LogP contribution in [0.3, 0.4) is 0 Å². The highest BCUT2D eigenvalue weighted by Crippen LogP contribution is 2.20. The molecule has 0 unspecified atom stereocenters. The summed E-state index contributed by atoms with van der Waals surface area (Å²) < 4.78 is 18.9. The molecule has 0 aliphatic carbocycles. The molecule has 0 spiro atoms. The number of ether oxygens (including phenoxy) is 1. The maximum absolute atomic E-state index is 13.9. The van der Waals surface area contributed by atoms with E-state index in [9.17, 15) is 4.39 Å². The van der Waals surface area contributed by atoms with E-state index in [0.717, 1.165) is 67.7 Å². The Hall–Kier alpha value is -2.19. The summed E-state index contributed by atoms with van der Waals surface area (Å²) in [5.41, 5.74) is 2.11.